The van der Waals surface area contributed by atoms with Gasteiger partial charge in [0.2, 0.25) is 11.8 Å². The van der Waals surface area contributed by atoms with Crippen molar-refractivity contribution < 1.29 is 19.5 Å². The highest BCUT2D eigenvalue weighted by Gasteiger charge is 2.60. The smallest absolute Gasteiger partial charge is 0.234 e. The maximum atomic E-state index is 12.5. The lowest BCUT2D eigenvalue weighted by molar-refractivity contribution is -0.311. The number of hydrogen-bond acceptors (Lipinski definition) is 4. The normalized spacial score (nSPS) is 36.0. The highest BCUT2D eigenvalue weighted by atomic mass is 16.4. The predicted octanol–water partition coefficient (Wildman–Crippen LogP) is -0.0419. The molecule has 2 amide bonds. The molecule has 0 aromatic rings. The molecule has 5 nitrogen and oxygen atoms in total. The number of amides is 2. The molecule has 0 aromatic heterocycles. The van der Waals surface area contributed by atoms with E-state index in [1.165, 1.54) is 0 Å². The third-order valence-electron chi connectivity index (χ3n) is 4.78. The van der Waals surface area contributed by atoms with E-state index >= 15 is 0 Å². The minimum atomic E-state index is -1.33. The summed E-state index contributed by atoms with van der Waals surface area (Å²) in [7, 11) is 0. The van der Waals surface area contributed by atoms with E-state index in [0.29, 0.717) is 0 Å². The van der Waals surface area contributed by atoms with E-state index in [0.717, 1.165) is 11.3 Å². The van der Waals surface area contributed by atoms with Crippen molar-refractivity contribution in [1.29, 1.82) is 0 Å². The molecule has 1 saturated carbocycles. The molecule has 1 heterocycles. The fourth-order valence-corrected chi connectivity index (χ4v) is 3.99. The van der Waals surface area contributed by atoms with Crippen LogP contribution in [0.4, 0.5) is 0 Å². The number of carbonyl (C=O) groups is 3. The molecule has 1 aliphatic heterocycles. The topological polar surface area (TPSA) is 77.5 Å². The first-order valence-corrected chi connectivity index (χ1v) is 7.18. The van der Waals surface area contributed by atoms with Gasteiger partial charge in [0.25, 0.3) is 0 Å². The highest BCUT2D eigenvalue weighted by Crippen LogP contribution is 2.53. The fourth-order valence-electron chi connectivity index (χ4n) is 3.99. The largest absolute Gasteiger partial charge is 0.548 e. The molecule has 0 radical (unpaired) electrons. The number of nitrogens with zero attached hydrogens (tertiary/aromatic N) is 1. The number of imide groups is 1. The van der Waals surface area contributed by atoms with Crippen molar-refractivity contribution in [3.8, 4) is 0 Å². The lowest BCUT2D eigenvalue weighted by Crippen LogP contribution is -2.52. The zero-order valence-corrected chi connectivity index (χ0v) is 11.6. The van der Waals surface area contributed by atoms with Gasteiger partial charge in [-0.05, 0) is 30.6 Å². The van der Waals surface area contributed by atoms with Crippen LogP contribution < -0.4 is 5.11 Å². The Labute approximate surface area is 117 Å². The van der Waals surface area contributed by atoms with Crippen molar-refractivity contribution >= 4 is 17.8 Å². The third kappa shape index (κ3) is 1.72. The minimum Gasteiger partial charge on any atom is -0.548 e. The molecule has 20 heavy (non-hydrogen) atoms. The molecule has 2 bridgehead atoms. The van der Waals surface area contributed by atoms with Gasteiger partial charge in [0.1, 0.15) is 0 Å². The Morgan fingerprint density at radius 3 is 2.15 bits per heavy atom. The summed E-state index contributed by atoms with van der Waals surface area (Å²) in [5, 5.41) is 11.3. The number of fused-ring (bicyclic) bond motifs is 5. The van der Waals surface area contributed by atoms with Gasteiger partial charge in [-0.15, -0.1) is 0 Å². The number of rotatable bonds is 4. The fraction of sp³-hybridized carbons (Fsp3) is 0.667. The van der Waals surface area contributed by atoms with E-state index in [1.807, 2.05) is 26.0 Å². The first kappa shape index (κ1) is 13.3. The first-order valence-electron chi connectivity index (χ1n) is 7.18. The summed E-state index contributed by atoms with van der Waals surface area (Å²) >= 11 is 0. The first-order chi connectivity index (χ1) is 9.41. The molecule has 5 atom stereocenters. The van der Waals surface area contributed by atoms with E-state index < -0.39 is 12.0 Å². The van der Waals surface area contributed by atoms with E-state index in [1.54, 1.807) is 0 Å². The quantitative estimate of drug-likeness (QED) is 0.533. The molecule has 3 rings (SSSR count). The van der Waals surface area contributed by atoms with Crippen molar-refractivity contribution in [1.82, 2.24) is 4.90 Å². The van der Waals surface area contributed by atoms with Gasteiger partial charge in [0.15, 0.2) is 0 Å². The van der Waals surface area contributed by atoms with Crippen LogP contribution >= 0.6 is 0 Å². The minimum absolute atomic E-state index is 0.0776. The monoisotopic (exact) mass is 276 g/mol. The van der Waals surface area contributed by atoms with Gasteiger partial charge in [0, 0.05) is 0 Å². The van der Waals surface area contributed by atoms with Crippen molar-refractivity contribution in [2.45, 2.75) is 32.7 Å². The van der Waals surface area contributed by atoms with Crippen LogP contribution in [0.15, 0.2) is 12.2 Å². The molecule has 0 aromatic carbocycles. The lowest BCUT2D eigenvalue weighted by Gasteiger charge is -2.29. The zero-order valence-electron chi connectivity index (χ0n) is 11.6. The van der Waals surface area contributed by atoms with Crippen LogP contribution in [0.25, 0.3) is 0 Å². The molecule has 2 fully saturated rings. The average Bonchev–Trinajstić information content (AvgIpc) is 3.01. The second-order valence-corrected chi connectivity index (χ2v) is 6.51. The number of carbonyl (C=O) groups excluding carboxylic acids is 3. The molecule has 0 spiro atoms. The summed E-state index contributed by atoms with van der Waals surface area (Å²) in [5.74, 6) is -2.35. The second kappa shape index (κ2) is 4.43. The number of aliphatic carboxylic acids is 1. The molecule has 5 unspecified atom stereocenters. The predicted molar refractivity (Wildman–Crippen MR) is 67.8 cm³/mol. The van der Waals surface area contributed by atoms with E-state index in [2.05, 4.69) is 0 Å². The molecule has 5 heteroatoms. The van der Waals surface area contributed by atoms with Gasteiger partial charge in [-0.2, -0.15) is 0 Å². The van der Waals surface area contributed by atoms with Gasteiger partial charge < -0.3 is 9.90 Å². The average molecular weight is 276 g/mol. The Morgan fingerprint density at radius 1 is 1.25 bits per heavy atom. The van der Waals surface area contributed by atoms with Crippen LogP contribution in [-0.4, -0.2) is 28.7 Å². The summed E-state index contributed by atoms with van der Waals surface area (Å²) in [6, 6.07) is -1.13. The Hall–Kier alpha value is -1.65. The maximum Gasteiger partial charge on any atom is 0.234 e. The molecule has 3 aliphatic rings. The zero-order chi connectivity index (χ0) is 14.6. The third-order valence-corrected chi connectivity index (χ3v) is 4.78. The van der Waals surface area contributed by atoms with Crippen LogP contribution in [0.5, 0.6) is 0 Å². The van der Waals surface area contributed by atoms with Crippen molar-refractivity contribution in [3.63, 3.8) is 0 Å². The number of allylic oxidation sites excluding steroid dienone is 2. The summed E-state index contributed by atoms with van der Waals surface area (Å²) < 4.78 is 0. The van der Waals surface area contributed by atoms with Gasteiger partial charge >= 0.3 is 0 Å². The van der Waals surface area contributed by atoms with Gasteiger partial charge in [-0.1, -0.05) is 26.0 Å². The van der Waals surface area contributed by atoms with Crippen LogP contribution in [0.1, 0.15) is 26.7 Å². The molecule has 0 N–H and O–H groups in total. The van der Waals surface area contributed by atoms with Crippen LogP contribution in [0.2, 0.25) is 0 Å². The molecule has 2 aliphatic carbocycles. The summed E-state index contributed by atoms with van der Waals surface area (Å²) in [4.78, 5) is 37.3. The van der Waals surface area contributed by atoms with E-state index in [-0.39, 0.29) is 47.8 Å². The van der Waals surface area contributed by atoms with E-state index in [4.69, 9.17) is 0 Å². The van der Waals surface area contributed by atoms with Crippen molar-refractivity contribution in [2.24, 2.45) is 29.6 Å². The van der Waals surface area contributed by atoms with E-state index in [9.17, 15) is 19.5 Å². The standard InChI is InChI=1S/C15H19NO4/c1-7(2)5-10(15(19)20)16-13(17)11-8-3-4-9(6-8)12(11)14(16)18/h3-4,7-12H,5-6H2,1-2H3,(H,19,20)/p-1. The summed E-state index contributed by atoms with van der Waals surface area (Å²) in [6.45, 7) is 3.74. The number of likely N-dealkylation sites (tertiary alicyclic amines) is 1. The van der Waals surface area contributed by atoms with Gasteiger partial charge in [0.05, 0.1) is 23.8 Å². The SMILES string of the molecule is CC(C)CC(C(=O)[O-])N1C(=O)C2C3C=CC(C3)C2C1=O. The Morgan fingerprint density at radius 2 is 1.75 bits per heavy atom. The molecule has 1 saturated heterocycles. The summed E-state index contributed by atoms with van der Waals surface area (Å²) in [5.41, 5.74) is 0. The Kier molecular flexibility index (Phi) is 2.96. The molecular weight excluding hydrogens is 258 g/mol. The molecule has 108 valence electrons. The van der Waals surface area contributed by atoms with Gasteiger partial charge in [-0.25, -0.2) is 0 Å². The van der Waals surface area contributed by atoms with Crippen molar-refractivity contribution in [3.05, 3.63) is 12.2 Å². The second-order valence-electron chi connectivity index (χ2n) is 6.51. The van der Waals surface area contributed by atoms with Crippen LogP contribution in [0.3, 0.4) is 0 Å². The summed E-state index contributed by atoms with van der Waals surface area (Å²) in [6.07, 6.45) is 5.09. The Balaban J connectivity index is 1.90. The van der Waals surface area contributed by atoms with Crippen LogP contribution in [0, 0.1) is 29.6 Å². The number of hydrogen-bond donors (Lipinski definition) is 0. The maximum absolute atomic E-state index is 12.5. The molecular formula is C15H18NO4-. The van der Waals surface area contributed by atoms with Crippen LogP contribution in [-0.2, 0) is 14.4 Å². The highest BCUT2D eigenvalue weighted by molar-refractivity contribution is 6.08. The lowest BCUT2D eigenvalue weighted by atomic mass is 9.85. The van der Waals surface area contributed by atoms with Gasteiger partial charge in [-0.3, -0.25) is 14.5 Å². The Bertz CT molecular complexity index is 480. The number of carboxylic acid groups (broad SMARTS) is 1. The van der Waals surface area contributed by atoms with Crippen molar-refractivity contribution in [2.75, 3.05) is 0 Å². The number of carboxylic acids is 1.